The number of carboxylic acid groups (broad SMARTS) is 1. The van der Waals surface area contributed by atoms with Crippen molar-refractivity contribution in [2.75, 3.05) is 12.4 Å². The van der Waals surface area contributed by atoms with E-state index in [1.165, 1.54) is 29.7 Å². The summed E-state index contributed by atoms with van der Waals surface area (Å²) in [4.78, 5) is 34.8. The van der Waals surface area contributed by atoms with Crippen LogP contribution in [0.3, 0.4) is 0 Å². The molecule has 0 aromatic carbocycles. The molecular weight excluding hydrogens is 272 g/mol. The van der Waals surface area contributed by atoms with Gasteiger partial charge in [0.05, 0.1) is 6.61 Å². The van der Waals surface area contributed by atoms with Crippen molar-refractivity contribution in [1.29, 1.82) is 0 Å². The maximum absolute atomic E-state index is 11.6. The highest BCUT2D eigenvalue weighted by molar-refractivity contribution is 8.00. The molecule has 3 N–H and O–H groups in total. The third-order valence-electron chi connectivity index (χ3n) is 2.94. The van der Waals surface area contributed by atoms with Gasteiger partial charge in [-0.25, -0.2) is 4.79 Å². The molecule has 19 heavy (non-hydrogen) atoms. The van der Waals surface area contributed by atoms with Crippen molar-refractivity contribution in [3.63, 3.8) is 0 Å². The first-order chi connectivity index (χ1) is 8.91. The molecule has 3 atom stereocenters. The molecule has 0 aromatic rings. The van der Waals surface area contributed by atoms with Gasteiger partial charge in [0.25, 0.3) is 0 Å². The normalized spacial score (nSPS) is 29.8. The van der Waals surface area contributed by atoms with E-state index in [-0.39, 0.29) is 29.5 Å². The standard InChI is InChI=1S/C11H14N2O5S/c1-5(14)18-3-6-2-7(11(16)17)13-9(15)8(12)10(13)19-4-6/h2,6,8,10H,3-4,12H2,1H3,(H,16,17). The highest BCUT2D eigenvalue weighted by Gasteiger charge is 2.50. The van der Waals surface area contributed by atoms with Gasteiger partial charge in [0.2, 0.25) is 5.91 Å². The third kappa shape index (κ3) is 2.59. The van der Waals surface area contributed by atoms with E-state index in [0.29, 0.717) is 5.75 Å². The molecule has 0 spiro atoms. The molecule has 7 nitrogen and oxygen atoms in total. The van der Waals surface area contributed by atoms with Gasteiger partial charge in [-0.05, 0) is 6.08 Å². The van der Waals surface area contributed by atoms with Crippen LogP contribution in [0.15, 0.2) is 11.8 Å². The number of ether oxygens (including phenoxy) is 1. The summed E-state index contributed by atoms with van der Waals surface area (Å²) in [5, 5.41) is 8.81. The molecule has 2 rings (SSSR count). The average molecular weight is 286 g/mol. The zero-order chi connectivity index (χ0) is 14.2. The van der Waals surface area contributed by atoms with E-state index in [2.05, 4.69) is 0 Å². The van der Waals surface area contributed by atoms with Crippen molar-refractivity contribution in [3.8, 4) is 0 Å². The van der Waals surface area contributed by atoms with Crippen molar-refractivity contribution in [2.24, 2.45) is 11.7 Å². The second-order valence-electron chi connectivity index (χ2n) is 4.38. The van der Waals surface area contributed by atoms with Gasteiger partial charge >= 0.3 is 11.9 Å². The number of nitrogens with zero attached hydrogens (tertiary/aromatic N) is 1. The van der Waals surface area contributed by atoms with Gasteiger partial charge in [-0.2, -0.15) is 0 Å². The Labute approximate surface area is 113 Å². The Morgan fingerprint density at radius 1 is 1.63 bits per heavy atom. The molecule has 1 amide bonds. The van der Waals surface area contributed by atoms with Crippen LogP contribution in [0.5, 0.6) is 0 Å². The minimum absolute atomic E-state index is 0.0844. The molecule has 0 aliphatic carbocycles. The van der Waals surface area contributed by atoms with Crippen molar-refractivity contribution in [1.82, 2.24) is 4.90 Å². The number of hydrogen-bond acceptors (Lipinski definition) is 6. The van der Waals surface area contributed by atoms with Crippen molar-refractivity contribution in [2.45, 2.75) is 18.3 Å². The average Bonchev–Trinajstić information content (AvgIpc) is 2.53. The van der Waals surface area contributed by atoms with Crippen LogP contribution in [0, 0.1) is 5.92 Å². The van der Waals surface area contributed by atoms with E-state index in [4.69, 9.17) is 15.6 Å². The van der Waals surface area contributed by atoms with Crippen LogP contribution in [0.4, 0.5) is 0 Å². The fraction of sp³-hybridized carbons (Fsp3) is 0.545. The number of thioether (sulfide) groups is 1. The lowest BCUT2D eigenvalue weighted by Crippen LogP contribution is -2.66. The molecular formula is C11H14N2O5S. The monoisotopic (exact) mass is 286 g/mol. The van der Waals surface area contributed by atoms with Gasteiger partial charge in [0.15, 0.2) is 0 Å². The van der Waals surface area contributed by atoms with Crippen LogP contribution in [-0.2, 0) is 19.1 Å². The highest BCUT2D eigenvalue weighted by Crippen LogP contribution is 2.37. The topological polar surface area (TPSA) is 110 Å². The molecule has 0 aromatic heterocycles. The summed E-state index contributed by atoms with van der Waals surface area (Å²) < 4.78 is 4.89. The highest BCUT2D eigenvalue weighted by atomic mass is 32.2. The molecule has 1 fully saturated rings. The lowest BCUT2D eigenvalue weighted by Gasteiger charge is -2.43. The number of amides is 1. The zero-order valence-corrected chi connectivity index (χ0v) is 11.1. The summed E-state index contributed by atoms with van der Waals surface area (Å²) in [6.07, 6.45) is 1.46. The Kier molecular flexibility index (Phi) is 3.81. The van der Waals surface area contributed by atoms with E-state index in [1.807, 2.05) is 0 Å². The Bertz CT molecular complexity index is 464. The molecule has 0 bridgehead atoms. The Hall–Kier alpha value is -1.54. The van der Waals surface area contributed by atoms with Crippen LogP contribution >= 0.6 is 11.8 Å². The molecule has 104 valence electrons. The van der Waals surface area contributed by atoms with Gasteiger partial charge in [-0.1, -0.05) is 0 Å². The second-order valence-corrected chi connectivity index (χ2v) is 5.53. The number of aliphatic carboxylic acids is 1. The quantitative estimate of drug-likeness (QED) is 0.525. The number of β-lactam (4-membered cyclic amide) rings is 1. The number of fused-ring (bicyclic) bond motifs is 1. The minimum atomic E-state index is -1.18. The number of nitrogens with two attached hydrogens (primary N) is 1. The lowest BCUT2D eigenvalue weighted by molar-refractivity contribution is -0.147. The minimum Gasteiger partial charge on any atom is -0.477 e. The first kappa shape index (κ1) is 13.9. The predicted octanol–water partition coefficient (Wildman–Crippen LogP) is -0.623. The first-order valence-electron chi connectivity index (χ1n) is 5.70. The molecule has 1 saturated heterocycles. The fourth-order valence-corrected chi connectivity index (χ4v) is 3.32. The number of rotatable bonds is 3. The molecule has 2 heterocycles. The molecule has 3 unspecified atom stereocenters. The van der Waals surface area contributed by atoms with Crippen LogP contribution in [-0.4, -0.2) is 51.6 Å². The van der Waals surface area contributed by atoms with E-state index in [0.717, 1.165) is 0 Å². The molecule has 0 saturated carbocycles. The van der Waals surface area contributed by atoms with Gasteiger partial charge in [0.1, 0.15) is 17.1 Å². The number of hydrogen-bond donors (Lipinski definition) is 2. The van der Waals surface area contributed by atoms with Gasteiger partial charge in [0, 0.05) is 18.6 Å². The molecule has 2 aliphatic heterocycles. The predicted molar refractivity (Wildman–Crippen MR) is 66.9 cm³/mol. The van der Waals surface area contributed by atoms with Gasteiger partial charge in [-0.3, -0.25) is 14.5 Å². The summed E-state index contributed by atoms with van der Waals surface area (Å²) >= 11 is 1.40. The number of carbonyl (C=O) groups is 3. The van der Waals surface area contributed by atoms with Gasteiger partial charge in [-0.15, -0.1) is 11.8 Å². The smallest absolute Gasteiger partial charge is 0.352 e. The van der Waals surface area contributed by atoms with E-state index >= 15 is 0 Å². The summed E-state index contributed by atoms with van der Waals surface area (Å²) in [7, 11) is 0. The number of carbonyl (C=O) groups excluding carboxylic acids is 2. The largest absolute Gasteiger partial charge is 0.477 e. The Morgan fingerprint density at radius 2 is 2.32 bits per heavy atom. The number of esters is 1. The number of carboxylic acids is 1. The summed E-state index contributed by atoms with van der Waals surface area (Å²) in [6.45, 7) is 1.39. The van der Waals surface area contributed by atoms with E-state index < -0.39 is 18.0 Å². The zero-order valence-electron chi connectivity index (χ0n) is 10.2. The van der Waals surface area contributed by atoms with Crippen LogP contribution in [0.1, 0.15) is 6.92 Å². The van der Waals surface area contributed by atoms with Crippen LogP contribution in [0.25, 0.3) is 0 Å². The van der Waals surface area contributed by atoms with Crippen molar-refractivity contribution >= 4 is 29.6 Å². The first-order valence-corrected chi connectivity index (χ1v) is 6.75. The molecule has 0 radical (unpaired) electrons. The van der Waals surface area contributed by atoms with Crippen molar-refractivity contribution < 1.29 is 24.2 Å². The Morgan fingerprint density at radius 3 is 2.89 bits per heavy atom. The van der Waals surface area contributed by atoms with Crippen LogP contribution < -0.4 is 5.73 Å². The summed E-state index contributed by atoms with van der Waals surface area (Å²) in [5.41, 5.74) is 5.57. The SMILES string of the molecule is CC(=O)OCC1C=C(C(=O)O)N2C(=O)C(N)C2SC1. The van der Waals surface area contributed by atoms with Gasteiger partial charge < -0.3 is 15.6 Å². The maximum atomic E-state index is 11.6. The third-order valence-corrected chi connectivity index (χ3v) is 4.40. The fourth-order valence-electron chi connectivity index (χ4n) is 1.99. The van der Waals surface area contributed by atoms with E-state index in [1.54, 1.807) is 0 Å². The second kappa shape index (κ2) is 5.22. The molecule has 8 heteroatoms. The lowest BCUT2D eigenvalue weighted by atomic mass is 10.0. The summed E-state index contributed by atoms with van der Waals surface area (Å²) in [6, 6.07) is -0.666. The molecule has 2 aliphatic rings. The maximum Gasteiger partial charge on any atom is 0.352 e. The Balaban J connectivity index is 2.18. The van der Waals surface area contributed by atoms with E-state index in [9.17, 15) is 14.4 Å². The van der Waals surface area contributed by atoms with Crippen molar-refractivity contribution in [3.05, 3.63) is 11.8 Å². The van der Waals surface area contributed by atoms with Crippen LogP contribution in [0.2, 0.25) is 0 Å². The summed E-state index contributed by atoms with van der Waals surface area (Å²) in [5.74, 6) is -1.69.